The summed E-state index contributed by atoms with van der Waals surface area (Å²) in [5, 5.41) is 17.4. The summed E-state index contributed by atoms with van der Waals surface area (Å²) in [5.41, 5.74) is 2.05. The van der Waals surface area contributed by atoms with E-state index in [0.29, 0.717) is 18.0 Å². The molecule has 0 bridgehead atoms. The minimum absolute atomic E-state index is 0.211. The first kappa shape index (κ1) is 14.9. The van der Waals surface area contributed by atoms with E-state index >= 15 is 0 Å². The molecule has 4 rings (SSSR count). The normalized spacial score (nSPS) is 23.6. The average molecular weight is 325 g/mol. The second-order valence-corrected chi connectivity index (χ2v) is 6.33. The molecule has 1 aliphatic carbocycles. The summed E-state index contributed by atoms with van der Waals surface area (Å²) in [6, 6.07) is 7.07. The molecule has 124 valence electrons. The molecule has 0 aromatic carbocycles. The maximum absolute atomic E-state index is 12.4. The van der Waals surface area contributed by atoms with Crippen LogP contribution in [0.3, 0.4) is 0 Å². The fourth-order valence-corrected chi connectivity index (χ4v) is 3.42. The van der Waals surface area contributed by atoms with Crippen LogP contribution in [0.25, 0.3) is 11.0 Å². The van der Waals surface area contributed by atoms with Crippen molar-refractivity contribution in [3.63, 3.8) is 0 Å². The molecule has 0 aliphatic heterocycles. The Morgan fingerprint density at radius 2 is 2.29 bits per heavy atom. The molecule has 7 nitrogen and oxygen atoms in total. The number of hydrogen-bond acceptors (Lipinski definition) is 4. The first-order valence-corrected chi connectivity index (χ1v) is 8.09. The van der Waals surface area contributed by atoms with E-state index in [1.165, 1.54) is 0 Å². The van der Waals surface area contributed by atoms with Crippen molar-refractivity contribution in [1.82, 2.24) is 25.1 Å². The van der Waals surface area contributed by atoms with Gasteiger partial charge in [-0.15, -0.1) is 0 Å². The van der Waals surface area contributed by atoms with E-state index in [1.54, 1.807) is 18.5 Å². The fourth-order valence-electron chi connectivity index (χ4n) is 3.42. The zero-order chi connectivity index (χ0) is 16.5. The van der Waals surface area contributed by atoms with Crippen LogP contribution in [-0.4, -0.2) is 42.9 Å². The van der Waals surface area contributed by atoms with Gasteiger partial charge >= 0.3 is 0 Å². The van der Waals surface area contributed by atoms with Gasteiger partial charge in [-0.1, -0.05) is 0 Å². The molecule has 3 aromatic heterocycles. The Kier molecular flexibility index (Phi) is 3.78. The quantitative estimate of drug-likeness (QED) is 0.674. The van der Waals surface area contributed by atoms with Crippen molar-refractivity contribution in [2.45, 2.75) is 31.5 Å². The molecule has 1 amide bonds. The molecule has 1 aliphatic rings. The summed E-state index contributed by atoms with van der Waals surface area (Å²) in [4.78, 5) is 19.7. The lowest BCUT2D eigenvalue weighted by Gasteiger charge is -2.15. The van der Waals surface area contributed by atoms with Crippen molar-refractivity contribution in [2.24, 2.45) is 5.92 Å². The summed E-state index contributed by atoms with van der Waals surface area (Å²) >= 11 is 0. The van der Waals surface area contributed by atoms with Gasteiger partial charge in [0.25, 0.3) is 5.91 Å². The van der Waals surface area contributed by atoms with Crippen molar-refractivity contribution in [3.8, 4) is 0 Å². The minimum Gasteiger partial charge on any atom is -0.391 e. The van der Waals surface area contributed by atoms with E-state index < -0.39 is 6.10 Å². The molecule has 0 radical (unpaired) electrons. The number of carbonyl (C=O) groups is 1. The second kappa shape index (κ2) is 6.09. The zero-order valence-electron chi connectivity index (χ0n) is 13.1. The molecular weight excluding hydrogens is 306 g/mol. The van der Waals surface area contributed by atoms with Gasteiger partial charge in [-0.3, -0.25) is 14.5 Å². The molecule has 3 N–H and O–H groups in total. The van der Waals surface area contributed by atoms with Gasteiger partial charge < -0.3 is 15.4 Å². The van der Waals surface area contributed by atoms with Crippen LogP contribution in [-0.2, 0) is 6.54 Å². The Bertz CT molecular complexity index is 809. The third-order valence-electron chi connectivity index (χ3n) is 4.58. The van der Waals surface area contributed by atoms with Gasteiger partial charge in [0.15, 0.2) is 0 Å². The Hall–Kier alpha value is -2.67. The van der Waals surface area contributed by atoms with Gasteiger partial charge in [0.05, 0.1) is 23.2 Å². The molecule has 1 unspecified atom stereocenters. The summed E-state index contributed by atoms with van der Waals surface area (Å²) in [6.07, 6.45) is 6.23. The SMILES string of the molecule is O=C(N[C@@H]1CC(Cn2cccn2)C[C@H]1O)c1cc2ncccc2[nH]1. The lowest BCUT2D eigenvalue weighted by Crippen LogP contribution is -2.40. The average Bonchev–Trinajstić information content (AvgIpc) is 3.28. The second-order valence-electron chi connectivity index (χ2n) is 6.33. The number of rotatable bonds is 4. The van der Waals surface area contributed by atoms with E-state index in [2.05, 4.69) is 20.4 Å². The molecule has 1 saturated carbocycles. The number of hydrogen-bond donors (Lipinski definition) is 3. The monoisotopic (exact) mass is 325 g/mol. The molecule has 0 spiro atoms. The molecule has 24 heavy (non-hydrogen) atoms. The topological polar surface area (TPSA) is 95.8 Å². The number of nitrogens with one attached hydrogen (secondary N) is 2. The third-order valence-corrected chi connectivity index (χ3v) is 4.58. The predicted octanol–water partition coefficient (Wildman–Crippen LogP) is 1.33. The number of fused-ring (bicyclic) bond motifs is 1. The fraction of sp³-hybridized carbons (Fsp3) is 0.353. The Balaban J connectivity index is 1.41. The van der Waals surface area contributed by atoms with Gasteiger partial charge in [0.2, 0.25) is 0 Å². The highest BCUT2D eigenvalue weighted by Gasteiger charge is 2.34. The number of H-pyrrole nitrogens is 1. The van der Waals surface area contributed by atoms with Gasteiger partial charge in [0.1, 0.15) is 5.69 Å². The van der Waals surface area contributed by atoms with Crippen molar-refractivity contribution in [2.75, 3.05) is 0 Å². The molecule has 1 fully saturated rings. The predicted molar refractivity (Wildman–Crippen MR) is 88.3 cm³/mol. The highest BCUT2D eigenvalue weighted by Crippen LogP contribution is 2.27. The van der Waals surface area contributed by atoms with Gasteiger partial charge in [-0.2, -0.15) is 5.10 Å². The first-order valence-electron chi connectivity index (χ1n) is 8.09. The van der Waals surface area contributed by atoms with Crippen molar-refractivity contribution in [3.05, 3.63) is 48.5 Å². The van der Waals surface area contributed by atoms with Crippen LogP contribution in [0.2, 0.25) is 0 Å². The van der Waals surface area contributed by atoms with Crippen LogP contribution in [0.5, 0.6) is 0 Å². The Labute approximate surface area is 138 Å². The third kappa shape index (κ3) is 2.90. The van der Waals surface area contributed by atoms with Crippen LogP contribution >= 0.6 is 0 Å². The lowest BCUT2D eigenvalue weighted by molar-refractivity contribution is 0.0868. The van der Waals surface area contributed by atoms with Crippen LogP contribution in [0, 0.1) is 5.92 Å². The number of nitrogens with zero attached hydrogens (tertiary/aromatic N) is 3. The van der Waals surface area contributed by atoms with E-state index in [4.69, 9.17) is 0 Å². The molecule has 3 heterocycles. The number of amides is 1. The first-order chi connectivity index (χ1) is 11.7. The summed E-state index contributed by atoms with van der Waals surface area (Å²) in [5.74, 6) is 0.0892. The number of carbonyl (C=O) groups excluding carboxylic acids is 1. The molecule has 0 saturated heterocycles. The zero-order valence-corrected chi connectivity index (χ0v) is 13.1. The molecule has 3 atom stereocenters. The molecular formula is C17H19N5O2. The van der Waals surface area contributed by atoms with Gasteiger partial charge in [-0.05, 0) is 43.0 Å². The van der Waals surface area contributed by atoms with E-state index in [0.717, 1.165) is 24.0 Å². The highest BCUT2D eigenvalue weighted by atomic mass is 16.3. The minimum atomic E-state index is -0.531. The van der Waals surface area contributed by atoms with Gasteiger partial charge in [-0.25, -0.2) is 0 Å². The van der Waals surface area contributed by atoms with Crippen LogP contribution in [0.4, 0.5) is 0 Å². The number of aliphatic hydroxyl groups is 1. The maximum atomic E-state index is 12.4. The van der Waals surface area contributed by atoms with Gasteiger partial charge in [0, 0.05) is 25.1 Å². The summed E-state index contributed by atoms with van der Waals surface area (Å²) < 4.78 is 1.87. The summed E-state index contributed by atoms with van der Waals surface area (Å²) in [6.45, 7) is 0.757. The maximum Gasteiger partial charge on any atom is 0.268 e. The Morgan fingerprint density at radius 1 is 1.38 bits per heavy atom. The number of pyridine rings is 1. The standard InChI is InChI=1S/C17H19N5O2/c23-16-8-11(10-22-6-2-5-19-22)7-14(16)21-17(24)15-9-13-12(20-15)3-1-4-18-13/h1-6,9,11,14,16,20,23H,7-8,10H2,(H,21,24)/t11?,14-,16-/m1/s1. The van der Waals surface area contributed by atoms with E-state index in [1.807, 2.05) is 29.1 Å². The van der Waals surface area contributed by atoms with Crippen molar-refractivity contribution >= 4 is 16.9 Å². The lowest BCUT2D eigenvalue weighted by atomic mass is 10.1. The van der Waals surface area contributed by atoms with Crippen molar-refractivity contribution in [1.29, 1.82) is 0 Å². The molecule has 7 heteroatoms. The van der Waals surface area contributed by atoms with Crippen LogP contribution in [0.15, 0.2) is 42.9 Å². The molecule has 3 aromatic rings. The number of aliphatic hydroxyl groups excluding tert-OH is 1. The summed E-state index contributed by atoms with van der Waals surface area (Å²) in [7, 11) is 0. The largest absolute Gasteiger partial charge is 0.391 e. The highest BCUT2D eigenvalue weighted by molar-refractivity contribution is 5.97. The smallest absolute Gasteiger partial charge is 0.268 e. The van der Waals surface area contributed by atoms with Crippen LogP contribution in [0.1, 0.15) is 23.3 Å². The Morgan fingerprint density at radius 3 is 3.08 bits per heavy atom. The van der Waals surface area contributed by atoms with E-state index in [-0.39, 0.29) is 11.9 Å². The number of aromatic nitrogens is 4. The van der Waals surface area contributed by atoms with Crippen molar-refractivity contribution < 1.29 is 9.90 Å². The van der Waals surface area contributed by atoms with E-state index in [9.17, 15) is 9.90 Å². The number of aromatic amines is 1. The van der Waals surface area contributed by atoms with Crippen LogP contribution < -0.4 is 5.32 Å².